The van der Waals surface area contributed by atoms with Crippen LogP contribution in [0.3, 0.4) is 0 Å². The molecule has 0 aromatic heterocycles. The number of ether oxygens (including phenoxy) is 3. The van der Waals surface area contributed by atoms with Crippen LogP contribution in [0.1, 0.15) is 41.5 Å². The molecule has 0 aromatic rings. The van der Waals surface area contributed by atoms with Crippen molar-refractivity contribution in [3.8, 4) is 0 Å². The summed E-state index contributed by atoms with van der Waals surface area (Å²) in [5.74, 6) is -2.55. The summed E-state index contributed by atoms with van der Waals surface area (Å²) in [4.78, 5) is 37.8. The Morgan fingerprint density at radius 1 is 0.826 bits per heavy atom. The molecule has 0 unspecified atom stereocenters. The van der Waals surface area contributed by atoms with Crippen molar-refractivity contribution >= 4 is 18.0 Å². The highest BCUT2D eigenvalue weighted by Crippen LogP contribution is 2.28. The number of rotatable bonds is 2. The lowest BCUT2D eigenvalue weighted by molar-refractivity contribution is -0.165. The van der Waals surface area contributed by atoms with Gasteiger partial charge in [-0.1, -0.05) is 0 Å². The first-order valence-electron chi connectivity index (χ1n) is 7.62. The Morgan fingerprint density at radius 3 is 1.65 bits per heavy atom. The second-order valence-corrected chi connectivity index (χ2v) is 7.65. The average molecular weight is 329 g/mol. The van der Waals surface area contributed by atoms with Gasteiger partial charge in [-0.25, -0.2) is 4.79 Å². The Morgan fingerprint density at radius 2 is 1.26 bits per heavy atom. The number of carbonyl (C=O) groups is 3. The number of likely N-dealkylation sites (tertiary alicyclic amines) is 1. The lowest BCUT2D eigenvalue weighted by Crippen LogP contribution is -2.36. The minimum absolute atomic E-state index is 0.0730. The molecule has 1 amide bonds. The number of carbonyl (C=O) groups excluding carboxylic acids is 3. The van der Waals surface area contributed by atoms with Crippen molar-refractivity contribution in [2.45, 2.75) is 52.7 Å². The van der Waals surface area contributed by atoms with Crippen molar-refractivity contribution in [1.29, 1.82) is 0 Å². The van der Waals surface area contributed by atoms with E-state index in [0.29, 0.717) is 0 Å². The molecule has 1 saturated heterocycles. The Hall–Kier alpha value is -1.79. The zero-order valence-electron chi connectivity index (χ0n) is 15.0. The first-order valence-corrected chi connectivity index (χ1v) is 7.62. The maximum atomic E-state index is 12.3. The molecule has 1 rings (SSSR count). The van der Waals surface area contributed by atoms with E-state index in [0.717, 1.165) is 0 Å². The van der Waals surface area contributed by atoms with Crippen molar-refractivity contribution in [3.05, 3.63) is 0 Å². The molecule has 1 heterocycles. The molecule has 1 aliphatic rings. The van der Waals surface area contributed by atoms with E-state index < -0.39 is 41.1 Å². The maximum absolute atomic E-state index is 12.3. The fourth-order valence-corrected chi connectivity index (χ4v) is 2.29. The highest BCUT2D eigenvalue weighted by molar-refractivity contribution is 5.85. The van der Waals surface area contributed by atoms with Crippen molar-refractivity contribution in [2.75, 3.05) is 20.2 Å². The highest BCUT2D eigenvalue weighted by Gasteiger charge is 2.46. The van der Waals surface area contributed by atoms with Crippen LogP contribution in [0, 0.1) is 11.8 Å². The van der Waals surface area contributed by atoms with Crippen LogP contribution in [0.15, 0.2) is 0 Å². The molecule has 7 heteroatoms. The fourth-order valence-electron chi connectivity index (χ4n) is 2.29. The Kier molecular flexibility index (Phi) is 5.66. The molecule has 1 aliphatic heterocycles. The van der Waals surface area contributed by atoms with Crippen LogP contribution in [-0.4, -0.2) is 54.3 Å². The van der Waals surface area contributed by atoms with Gasteiger partial charge in [0.25, 0.3) is 0 Å². The molecule has 0 aliphatic carbocycles. The molecular formula is C16H27NO6. The largest absolute Gasteiger partial charge is 0.469 e. The van der Waals surface area contributed by atoms with E-state index in [1.807, 2.05) is 0 Å². The van der Waals surface area contributed by atoms with Gasteiger partial charge in [-0.15, -0.1) is 0 Å². The smallest absolute Gasteiger partial charge is 0.410 e. The molecule has 0 saturated carbocycles. The third-order valence-corrected chi connectivity index (χ3v) is 3.19. The van der Waals surface area contributed by atoms with Gasteiger partial charge in [0.15, 0.2) is 0 Å². The van der Waals surface area contributed by atoms with Gasteiger partial charge in [-0.3, -0.25) is 9.59 Å². The zero-order chi connectivity index (χ0) is 18.0. The molecule has 0 bridgehead atoms. The number of hydrogen-bond donors (Lipinski definition) is 0. The summed E-state index contributed by atoms with van der Waals surface area (Å²) in [6.07, 6.45) is -0.558. The van der Waals surface area contributed by atoms with E-state index in [2.05, 4.69) is 0 Å². The zero-order valence-corrected chi connectivity index (χ0v) is 15.0. The van der Waals surface area contributed by atoms with Crippen molar-refractivity contribution < 1.29 is 28.6 Å². The van der Waals surface area contributed by atoms with Gasteiger partial charge in [-0.05, 0) is 41.5 Å². The standard InChI is InChI=1S/C16H27NO6/c1-15(2,3)22-13(19)11-9-17(8-10(11)12(18)21-7)14(20)23-16(4,5)6/h10-11H,8-9H2,1-7H3/t10-,11+/m0/s1. The van der Waals surface area contributed by atoms with E-state index in [9.17, 15) is 14.4 Å². The predicted octanol–water partition coefficient (Wildman–Crippen LogP) is 1.98. The topological polar surface area (TPSA) is 82.1 Å². The van der Waals surface area contributed by atoms with E-state index in [1.54, 1.807) is 41.5 Å². The van der Waals surface area contributed by atoms with Gasteiger partial charge in [0.05, 0.1) is 18.9 Å². The lowest BCUT2D eigenvalue weighted by atomic mass is 9.96. The molecule has 132 valence electrons. The summed E-state index contributed by atoms with van der Waals surface area (Å²) in [6, 6.07) is 0. The monoisotopic (exact) mass is 329 g/mol. The second kappa shape index (κ2) is 6.76. The Bertz CT molecular complexity index is 474. The summed E-state index contributed by atoms with van der Waals surface area (Å²) >= 11 is 0. The molecule has 0 spiro atoms. The molecule has 23 heavy (non-hydrogen) atoms. The van der Waals surface area contributed by atoms with Crippen LogP contribution >= 0.6 is 0 Å². The average Bonchev–Trinajstić information content (AvgIpc) is 2.78. The summed E-state index contributed by atoms with van der Waals surface area (Å²) < 4.78 is 15.4. The van der Waals surface area contributed by atoms with Crippen molar-refractivity contribution in [1.82, 2.24) is 4.90 Å². The van der Waals surface area contributed by atoms with Crippen LogP contribution in [0.2, 0.25) is 0 Å². The summed E-state index contributed by atoms with van der Waals surface area (Å²) in [5.41, 5.74) is -1.32. The van der Waals surface area contributed by atoms with Gasteiger partial charge in [0.2, 0.25) is 0 Å². The van der Waals surface area contributed by atoms with Crippen LogP contribution in [0.25, 0.3) is 0 Å². The number of esters is 2. The van der Waals surface area contributed by atoms with Crippen molar-refractivity contribution in [2.24, 2.45) is 11.8 Å². The summed E-state index contributed by atoms with van der Waals surface area (Å²) in [6.45, 7) is 10.7. The quantitative estimate of drug-likeness (QED) is 0.569. The highest BCUT2D eigenvalue weighted by atomic mass is 16.6. The molecular weight excluding hydrogens is 302 g/mol. The second-order valence-electron chi connectivity index (χ2n) is 7.65. The summed E-state index contributed by atoms with van der Waals surface area (Å²) in [7, 11) is 1.25. The molecule has 7 nitrogen and oxygen atoms in total. The van der Waals surface area contributed by atoms with Crippen LogP contribution < -0.4 is 0 Å². The number of methoxy groups -OCH3 is 1. The van der Waals surface area contributed by atoms with Crippen LogP contribution in [-0.2, 0) is 23.8 Å². The van der Waals surface area contributed by atoms with Gasteiger partial charge in [0, 0.05) is 13.1 Å². The van der Waals surface area contributed by atoms with Gasteiger partial charge < -0.3 is 19.1 Å². The predicted molar refractivity (Wildman–Crippen MR) is 82.6 cm³/mol. The number of hydrogen-bond acceptors (Lipinski definition) is 6. The molecule has 0 aromatic carbocycles. The minimum atomic E-state index is -0.755. The first-order chi connectivity index (χ1) is 10.3. The third-order valence-electron chi connectivity index (χ3n) is 3.19. The van der Waals surface area contributed by atoms with Crippen LogP contribution in [0.4, 0.5) is 4.79 Å². The van der Waals surface area contributed by atoms with E-state index in [4.69, 9.17) is 14.2 Å². The van der Waals surface area contributed by atoms with E-state index in [-0.39, 0.29) is 13.1 Å². The maximum Gasteiger partial charge on any atom is 0.410 e. The normalized spacial score (nSPS) is 21.8. The lowest BCUT2D eigenvalue weighted by Gasteiger charge is -2.25. The van der Waals surface area contributed by atoms with E-state index >= 15 is 0 Å². The molecule has 1 fully saturated rings. The van der Waals surface area contributed by atoms with Crippen molar-refractivity contribution in [3.63, 3.8) is 0 Å². The van der Waals surface area contributed by atoms with Gasteiger partial charge >= 0.3 is 18.0 Å². The van der Waals surface area contributed by atoms with Gasteiger partial charge in [-0.2, -0.15) is 0 Å². The van der Waals surface area contributed by atoms with Crippen LogP contribution in [0.5, 0.6) is 0 Å². The Balaban J connectivity index is 2.89. The Labute approximate surface area is 137 Å². The molecule has 0 radical (unpaired) electrons. The first kappa shape index (κ1) is 19.3. The molecule has 0 N–H and O–H groups in total. The number of amides is 1. The minimum Gasteiger partial charge on any atom is -0.469 e. The fraction of sp³-hybridized carbons (Fsp3) is 0.812. The summed E-state index contributed by atoms with van der Waals surface area (Å²) in [5, 5.41) is 0. The number of nitrogens with zero attached hydrogens (tertiary/aromatic N) is 1. The SMILES string of the molecule is COC(=O)[C@H]1CN(C(=O)OC(C)(C)C)C[C@H]1C(=O)OC(C)(C)C. The van der Waals surface area contributed by atoms with E-state index in [1.165, 1.54) is 12.0 Å². The third kappa shape index (κ3) is 5.73. The van der Waals surface area contributed by atoms with Gasteiger partial charge in [0.1, 0.15) is 11.2 Å². The molecule has 2 atom stereocenters.